The van der Waals surface area contributed by atoms with Gasteiger partial charge in [-0.25, -0.2) is 0 Å². The lowest BCUT2D eigenvalue weighted by atomic mass is 10.1. The third-order valence-electron chi connectivity index (χ3n) is 2.78. The molecule has 1 fully saturated rings. The molecule has 1 nitrogen and oxygen atoms in total. The van der Waals surface area contributed by atoms with Gasteiger partial charge >= 0.3 is 0 Å². The molecule has 1 aromatic carbocycles. The molecule has 0 heterocycles. The highest BCUT2D eigenvalue weighted by Crippen LogP contribution is 2.46. The van der Waals surface area contributed by atoms with E-state index in [1.54, 1.807) is 0 Å². The Bertz CT molecular complexity index is 323. The summed E-state index contributed by atoms with van der Waals surface area (Å²) in [4.78, 5) is 0. The molecule has 0 radical (unpaired) electrons. The first-order valence-corrected chi connectivity index (χ1v) is 5.11. The maximum Gasteiger partial charge on any atom is 0.0573 e. The van der Waals surface area contributed by atoms with Crippen molar-refractivity contribution in [3.63, 3.8) is 0 Å². The Labute approximate surface area is 85.5 Å². The molecule has 0 aromatic heterocycles. The van der Waals surface area contributed by atoms with E-state index in [2.05, 4.69) is 41.6 Å². The Morgan fingerprint density at radius 3 is 2.86 bits per heavy atom. The van der Waals surface area contributed by atoms with E-state index in [0.29, 0.717) is 6.54 Å². The average molecular weight is 185 g/mol. The molecule has 1 aromatic rings. The Morgan fingerprint density at radius 1 is 1.36 bits per heavy atom. The fourth-order valence-corrected chi connectivity index (χ4v) is 1.91. The average Bonchev–Trinajstić information content (AvgIpc) is 2.99. The summed E-state index contributed by atoms with van der Waals surface area (Å²) in [5, 5.41) is 3.26. The van der Waals surface area contributed by atoms with E-state index >= 15 is 0 Å². The summed E-state index contributed by atoms with van der Waals surface area (Å²) in [5.41, 5.74) is 1.47. The Kier molecular flexibility index (Phi) is 2.86. The summed E-state index contributed by atoms with van der Waals surface area (Å²) < 4.78 is 0. The Morgan fingerprint density at radius 2 is 2.14 bits per heavy atom. The summed E-state index contributed by atoms with van der Waals surface area (Å²) in [6.45, 7) is 1.75. The Hall–Kier alpha value is -1.26. The van der Waals surface area contributed by atoms with Crippen molar-refractivity contribution in [2.75, 3.05) is 13.1 Å². The molecule has 2 atom stereocenters. The van der Waals surface area contributed by atoms with Crippen molar-refractivity contribution in [1.29, 1.82) is 0 Å². The van der Waals surface area contributed by atoms with Crippen molar-refractivity contribution < 1.29 is 0 Å². The van der Waals surface area contributed by atoms with Crippen LogP contribution < -0.4 is 5.32 Å². The van der Waals surface area contributed by atoms with E-state index < -0.39 is 0 Å². The van der Waals surface area contributed by atoms with Crippen LogP contribution in [0.2, 0.25) is 0 Å². The fourth-order valence-electron chi connectivity index (χ4n) is 1.91. The van der Waals surface area contributed by atoms with Gasteiger partial charge in [-0.2, -0.15) is 0 Å². The molecular formula is C13H15N. The van der Waals surface area contributed by atoms with Crippen molar-refractivity contribution in [2.45, 2.75) is 12.3 Å². The molecule has 1 aliphatic rings. The second-order valence-electron chi connectivity index (χ2n) is 3.85. The van der Waals surface area contributed by atoms with Crippen LogP contribution in [-0.4, -0.2) is 13.1 Å². The van der Waals surface area contributed by atoms with Crippen LogP contribution in [0.5, 0.6) is 0 Å². The lowest BCUT2D eigenvalue weighted by molar-refractivity contribution is 0.673. The highest BCUT2D eigenvalue weighted by atomic mass is 14.9. The highest BCUT2D eigenvalue weighted by Gasteiger charge is 2.37. The van der Waals surface area contributed by atoms with Crippen LogP contribution >= 0.6 is 0 Å². The van der Waals surface area contributed by atoms with Gasteiger partial charge in [0.05, 0.1) is 6.54 Å². The second kappa shape index (κ2) is 4.30. The predicted octanol–water partition coefficient (Wildman–Crippen LogP) is 2.01. The monoisotopic (exact) mass is 185 g/mol. The lowest BCUT2D eigenvalue weighted by Crippen LogP contribution is -2.17. The standard InChI is InChI=1S/C13H15N/c1-2-8-14-10-12-9-13(12)11-6-4-3-5-7-11/h1,3-7,12-14H,8-10H2. The van der Waals surface area contributed by atoms with Crippen LogP contribution in [0.1, 0.15) is 17.9 Å². The van der Waals surface area contributed by atoms with Crippen LogP contribution in [-0.2, 0) is 0 Å². The maximum absolute atomic E-state index is 5.17. The summed E-state index contributed by atoms with van der Waals surface area (Å²) in [6, 6.07) is 10.7. The summed E-state index contributed by atoms with van der Waals surface area (Å²) in [7, 11) is 0. The molecule has 0 amide bonds. The van der Waals surface area contributed by atoms with E-state index in [0.717, 1.165) is 18.4 Å². The molecule has 1 aliphatic carbocycles. The van der Waals surface area contributed by atoms with Gasteiger partial charge in [-0.15, -0.1) is 6.42 Å². The topological polar surface area (TPSA) is 12.0 Å². The number of terminal acetylenes is 1. The lowest BCUT2D eigenvalue weighted by Gasteiger charge is -2.00. The molecule has 1 N–H and O–H groups in total. The van der Waals surface area contributed by atoms with E-state index in [-0.39, 0.29) is 0 Å². The van der Waals surface area contributed by atoms with Gasteiger partial charge in [-0.3, -0.25) is 0 Å². The van der Waals surface area contributed by atoms with Crippen LogP contribution in [0.15, 0.2) is 30.3 Å². The fraction of sp³-hybridized carbons (Fsp3) is 0.385. The predicted molar refractivity (Wildman–Crippen MR) is 59.0 cm³/mol. The van der Waals surface area contributed by atoms with Gasteiger partial charge in [0.1, 0.15) is 0 Å². The summed E-state index contributed by atoms with van der Waals surface area (Å²) in [5.74, 6) is 4.16. The first-order chi connectivity index (χ1) is 6.92. The first-order valence-electron chi connectivity index (χ1n) is 5.11. The minimum Gasteiger partial charge on any atom is -0.306 e. The second-order valence-corrected chi connectivity index (χ2v) is 3.85. The number of benzene rings is 1. The molecule has 14 heavy (non-hydrogen) atoms. The molecule has 0 bridgehead atoms. The maximum atomic E-state index is 5.17. The van der Waals surface area contributed by atoms with Gasteiger partial charge in [0, 0.05) is 0 Å². The normalized spacial score (nSPS) is 24.2. The summed E-state index contributed by atoms with van der Waals surface area (Å²) in [6.07, 6.45) is 6.48. The first kappa shape index (κ1) is 9.30. The van der Waals surface area contributed by atoms with Crippen LogP contribution in [0.4, 0.5) is 0 Å². The molecule has 2 unspecified atom stereocenters. The molecule has 2 rings (SSSR count). The van der Waals surface area contributed by atoms with Gasteiger partial charge in [0.15, 0.2) is 0 Å². The summed E-state index contributed by atoms with van der Waals surface area (Å²) >= 11 is 0. The van der Waals surface area contributed by atoms with Crippen molar-refractivity contribution in [1.82, 2.24) is 5.32 Å². The third-order valence-corrected chi connectivity index (χ3v) is 2.78. The minimum absolute atomic E-state index is 0.692. The molecule has 0 saturated heterocycles. The quantitative estimate of drug-likeness (QED) is 0.559. The highest BCUT2D eigenvalue weighted by molar-refractivity contribution is 5.25. The zero-order valence-electron chi connectivity index (χ0n) is 8.24. The zero-order chi connectivity index (χ0) is 9.80. The van der Waals surface area contributed by atoms with E-state index in [4.69, 9.17) is 6.42 Å². The number of nitrogens with one attached hydrogen (secondary N) is 1. The molecule has 0 aliphatic heterocycles. The zero-order valence-corrected chi connectivity index (χ0v) is 8.24. The van der Waals surface area contributed by atoms with Crippen molar-refractivity contribution >= 4 is 0 Å². The molecule has 1 heteroatoms. The molecule has 1 saturated carbocycles. The molecule has 0 spiro atoms. The molecular weight excluding hydrogens is 170 g/mol. The van der Waals surface area contributed by atoms with Crippen LogP contribution in [0.25, 0.3) is 0 Å². The van der Waals surface area contributed by atoms with Gasteiger partial charge < -0.3 is 5.32 Å². The van der Waals surface area contributed by atoms with Gasteiger partial charge in [0.25, 0.3) is 0 Å². The number of hydrogen-bond donors (Lipinski definition) is 1. The van der Waals surface area contributed by atoms with E-state index in [1.165, 1.54) is 12.0 Å². The number of hydrogen-bond acceptors (Lipinski definition) is 1. The minimum atomic E-state index is 0.692. The van der Waals surface area contributed by atoms with Crippen LogP contribution in [0, 0.1) is 18.3 Å². The van der Waals surface area contributed by atoms with E-state index in [1.807, 2.05) is 0 Å². The van der Waals surface area contributed by atoms with Gasteiger partial charge in [-0.1, -0.05) is 36.3 Å². The smallest absolute Gasteiger partial charge is 0.0573 e. The number of rotatable bonds is 4. The van der Waals surface area contributed by atoms with E-state index in [9.17, 15) is 0 Å². The largest absolute Gasteiger partial charge is 0.306 e. The Balaban J connectivity index is 1.80. The van der Waals surface area contributed by atoms with Crippen LogP contribution in [0.3, 0.4) is 0 Å². The van der Waals surface area contributed by atoms with Crippen molar-refractivity contribution in [3.05, 3.63) is 35.9 Å². The van der Waals surface area contributed by atoms with Crippen molar-refractivity contribution in [2.24, 2.45) is 5.92 Å². The third kappa shape index (κ3) is 2.16. The van der Waals surface area contributed by atoms with Gasteiger partial charge in [0.2, 0.25) is 0 Å². The van der Waals surface area contributed by atoms with Gasteiger partial charge in [-0.05, 0) is 30.4 Å². The SMILES string of the molecule is C#CCNCC1CC1c1ccccc1. The van der Waals surface area contributed by atoms with Crippen molar-refractivity contribution in [3.8, 4) is 12.3 Å². The molecule has 72 valence electrons.